The van der Waals surface area contributed by atoms with E-state index in [0.717, 1.165) is 28.2 Å². The van der Waals surface area contributed by atoms with Gasteiger partial charge < -0.3 is 10.0 Å². The van der Waals surface area contributed by atoms with Gasteiger partial charge >= 0.3 is 0 Å². The zero-order valence-corrected chi connectivity index (χ0v) is 15.7. The van der Waals surface area contributed by atoms with Crippen LogP contribution in [0, 0.1) is 10.1 Å². The van der Waals surface area contributed by atoms with Crippen molar-refractivity contribution in [2.45, 2.75) is 18.9 Å². The molecule has 29 heavy (non-hydrogen) atoms. The number of fused-ring (bicyclic) bond motifs is 1. The lowest BCUT2D eigenvalue weighted by molar-refractivity contribution is -0.384. The number of non-ortho nitro benzene ring substituents is 1. The molecule has 0 spiro atoms. The minimum absolute atomic E-state index is 0.0455. The number of rotatable bonds is 6. The maximum atomic E-state index is 11.2. The van der Waals surface area contributed by atoms with Crippen LogP contribution in [0.1, 0.15) is 30.1 Å². The van der Waals surface area contributed by atoms with E-state index >= 15 is 0 Å². The summed E-state index contributed by atoms with van der Waals surface area (Å²) in [5.41, 5.74) is 3.70. The summed E-state index contributed by atoms with van der Waals surface area (Å²) >= 11 is 0. The topological polar surface area (TPSA) is 92.4 Å². The highest BCUT2D eigenvalue weighted by Crippen LogP contribution is 2.36. The van der Waals surface area contributed by atoms with Crippen molar-refractivity contribution in [2.75, 3.05) is 11.4 Å². The molecule has 146 valence electrons. The molecule has 0 saturated heterocycles. The van der Waals surface area contributed by atoms with E-state index in [2.05, 4.69) is 16.0 Å². The SMILES string of the molecule is O=[N+]([O-])c1cccc(N2CC(CCC(O)c3ccncc3)=Cc3cccnc32)c1. The van der Waals surface area contributed by atoms with Crippen molar-refractivity contribution in [1.29, 1.82) is 0 Å². The second kappa shape index (κ2) is 8.20. The summed E-state index contributed by atoms with van der Waals surface area (Å²) in [5, 5.41) is 21.7. The molecule has 1 aliphatic heterocycles. The van der Waals surface area contributed by atoms with Crippen LogP contribution in [0.5, 0.6) is 0 Å². The van der Waals surface area contributed by atoms with Crippen LogP contribution >= 0.6 is 0 Å². The smallest absolute Gasteiger partial charge is 0.271 e. The van der Waals surface area contributed by atoms with Crippen LogP contribution in [-0.2, 0) is 0 Å². The Labute approximate surface area is 168 Å². The Hall–Kier alpha value is -3.58. The largest absolute Gasteiger partial charge is 0.388 e. The average molecular weight is 388 g/mol. The third-order valence-electron chi connectivity index (χ3n) is 4.98. The molecule has 1 unspecified atom stereocenters. The molecule has 0 bridgehead atoms. The van der Waals surface area contributed by atoms with E-state index in [1.807, 2.05) is 35.2 Å². The average Bonchev–Trinajstić information content (AvgIpc) is 2.77. The molecule has 7 nitrogen and oxygen atoms in total. The van der Waals surface area contributed by atoms with E-state index in [4.69, 9.17) is 0 Å². The second-order valence-corrected chi connectivity index (χ2v) is 6.92. The molecular weight excluding hydrogens is 368 g/mol. The zero-order chi connectivity index (χ0) is 20.2. The van der Waals surface area contributed by atoms with Crippen molar-refractivity contribution < 1.29 is 10.0 Å². The molecule has 4 rings (SSSR count). The molecule has 1 aliphatic rings. The molecule has 0 radical (unpaired) electrons. The Morgan fingerprint density at radius 1 is 1.14 bits per heavy atom. The summed E-state index contributed by atoms with van der Waals surface area (Å²) in [6.45, 7) is 0.564. The van der Waals surface area contributed by atoms with Gasteiger partial charge in [-0.05, 0) is 54.3 Å². The third kappa shape index (κ3) is 4.14. The van der Waals surface area contributed by atoms with Crippen molar-refractivity contribution in [3.05, 3.63) is 93.9 Å². The molecule has 1 N–H and O–H groups in total. The van der Waals surface area contributed by atoms with Crippen molar-refractivity contribution >= 4 is 23.3 Å². The van der Waals surface area contributed by atoms with Gasteiger partial charge in [-0.3, -0.25) is 15.1 Å². The number of aromatic nitrogens is 2. The van der Waals surface area contributed by atoms with Gasteiger partial charge in [-0.1, -0.05) is 12.1 Å². The fraction of sp³-hybridized carbons (Fsp3) is 0.182. The number of aliphatic hydroxyl groups is 1. The first-order valence-electron chi connectivity index (χ1n) is 9.36. The normalized spacial score (nSPS) is 14.1. The van der Waals surface area contributed by atoms with E-state index in [9.17, 15) is 15.2 Å². The maximum absolute atomic E-state index is 11.2. The third-order valence-corrected chi connectivity index (χ3v) is 4.98. The number of hydrogen-bond acceptors (Lipinski definition) is 6. The monoisotopic (exact) mass is 388 g/mol. The fourth-order valence-corrected chi connectivity index (χ4v) is 3.50. The van der Waals surface area contributed by atoms with Crippen LogP contribution < -0.4 is 4.90 Å². The Morgan fingerprint density at radius 3 is 2.76 bits per heavy atom. The molecule has 0 amide bonds. The zero-order valence-electron chi connectivity index (χ0n) is 15.7. The molecule has 0 fully saturated rings. The van der Waals surface area contributed by atoms with Crippen LogP contribution in [0.15, 0.2) is 72.7 Å². The van der Waals surface area contributed by atoms with Gasteiger partial charge in [0.15, 0.2) is 0 Å². The van der Waals surface area contributed by atoms with Crippen LogP contribution in [0.4, 0.5) is 17.2 Å². The summed E-state index contributed by atoms with van der Waals surface area (Å²) in [7, 11) is 0. The Bertz CT molecular complexity index is 1050. The van der Waals surface area contributed by atoms with Crippen LogP contribution in [-0.4, -0.2) is 26.5 Å². The molecule has 3 heterocycles. The van der Waals surface area contributed by atoms with E-state index in [1.165, 1.54) is 6.07 Å². The Morgan fingerprint density at radius 2 is 1.97 bits per heavy atom. The van der Waals surface area contributed by atoms with E-state index in [0.29, 0.717) is 19.4 Å². The molecular formula is C22H20N4O3. The minimum Gasteiger partial charge on any atom is -0.388 e. The van der Waals surface area contributed by atoms with Crippen molar-refractivity contribution in [2.24, 2.45) is 0 Å². The number of benzene rings is 1. The Balaban J connectivity index is 1.58. The van der Waals surface area contributed by atoms with Crippen molar-refractivity contribution in [1.82, 2.24) is 9.97 Å². The highest BCUT2D eigenvalue weighted by molar-refractivity contribution is 5.77. The lowest BCUT2D eigenvalue weighted by Gasteiger charge is -2.30. The summed E-state index contributed by atoms with van der Waals surface area (Å²) in [4.78, 5) is 21.2. The molecule has 2 aromatic heterocycles. The highest BCUT2D eigenvalue weighted by atomic mass is 16.6. The summed E-state index contributed by atoms with van der Waals surface area (Å²) in [6.07, 6.45) is 7.86. The summed E-state index contributed by atoms with van der Waals surface area (Å²) in [6, 6.07) is 14.0. The van der Waals surface area contributed by atoms with E-state index in [-0.39, 0.29) is 5.69 Å². The second-order valence-electron chi connectivity index (χ2n) is 6.92. The quantitative estimate of drug-likeness (QED) is 0.496. The fourth-order valence-electron chi connectivity index (χ4n) is 3.50. The van der Waals surface area contributed by atoms with Gasteiger partial charge in [0.05, 0.1) is 11.0 Å². The number of nitrogens with zero attached hydrogens (tertiary/aromatic N) is 4. The van der Waals surface area contributed by atoms with Crippen molar-refractivity contribution in [3.63, 3.8) is 0 Å². The first-order chi connectivity index (χ1) is 14.1. The van der Waals surface area contributed by atoms with Crippen LogP contribution in [0.25, 0.3) is 6.08 Å². The number of hydrogen-bond donors (Lipinski definition) is 1. The number of anilines is 2. The number of nitro benzene ring substituents is 1. The van der Waals surface area contributed by atoms with Gasteiger partial charge in [0, 0.05) is 48.5 Å². The van der Waals surface area contributed by atoms with E-state index < -0.39 is 11.0 Å². The molecule has 0 saturated carbocycles. The maximum Gasteiger partial charge on any atom is 0.271 e. The van der Waals surface area contributed by atoms with Crippen molar-refractivity contribution in [3.8, 4) is 0 Å². The lowest BCUT2D eigenvalue weighted by atomic mass is 9.97. The molecule has 1 aromatic carbocycles. The van der Waals surface area contributed by atoms with Gasteiger partial charge in [-0.25, -0.2) is 4.98 Å². The van der Waals surface area contributed by atoms with Gasteiger partial charge in [0.2, 0.25) is 0 Å². The Kier molecular flexibility index (Phi) is 5.31. The van der Waals surface area contributed by atoms with E-state index in [1.54, 1.807) is 30.7 Å². The van der Waals surface area contributed by atoms with Gasteiger partial charge in [0.1, 0.15) is 5.82 Å². The first-order valence-corrected chi connectivity index (χ1v) is 9.36. The van der Waals surface area contributed by atoms with Crippen LogP contribution in [0.3, 0.4) is 0 Å². The summed E-state index contributed by atoms with van der Waals surface area (Å²) in [5.74, 6) is 0.770. The van der Waals surface area contributed by atoms with Gasteiger partial charge in [0.25, 0.3) is 5.69 Å². The first kappa shape index (κ1) is 18.8. The minimum atomic E-state index is -0.569. The number of pyridine rings is 2. The predicted molar refractivity (Wildman–Crippen MR) is 111 cm³/mol. The van der Waals surface area contributed by atoms with Gasteiger partial charge in [-0.2, -0.15) is 0 Å². The highest BCUT2D eigenvalue weighted by Gasteiger charge is 2.22. The summed E-state index contributed by atoms with van der Waals surface area (Å²) < 4.78 is 0. The lowest BCUT2D eigenvalue weighted by Crippen LogP contribution is -2.25. The molecule has 7 heteroatoms. The molecule has 3 aromatic rings. The van der Waals surface area contributed by atoms with Gasteiger partial charge in [-0.15, -0.1) is 0 Å². The standard InChI is InChI=1S/C22H20N4O3/c27-21(17-8-11-23-12-9-17)7-6-16-13-18-3-2-10-24-22(18)25(15-16)19-4-1-5-20(14-19)26(28)29/h1-5,8-14,21,27H,6-7,15H2. The predicted octanol–water partition coefficient (Wildman–Crippen LogP) is 4.43. The number of nitro groups is 1. The number of aliphatic hydroxyl groups excluding tert-OH is 1. The molecule has 1 atom stereocenters. The van der Waals surface area contributed by atoms with Crippen LogP contribution in [0.2, 0.25) is 0 Å². The molecule has 0 aliphatic carbocycles.